The Bertz CT molecular complexity index is 764. The molecule has 0 atom stereocenters. The number of benzene rings is 1. The number of amides is 2. The molecule has 120 valence electrons. The van der Waals surface area contributed by atoms with Crippen LogP contribution in [0.4, 0.5) is 10.5 Å². The highest BCUT2D eigenvalue weighted by molar-refractivity contribution is 5.91. The number of tetrazole rings is 1. The van der Waals surface area contributed by atoms with Crippen molar-refractivity contribution in [3.8, 4) is 11.4 Å². The molecule has 7 heteroatoms. The average Bonchev–Trinajstić information content (AvgIpc) is 2.96. The van der Waals surface area contributed by atoms with Gasteiger partial charge in [-0.05, 0) is 37.1 Å². The summed E-state index contributed by atoms with van der Waals surface area (Å²) in [5.41, 5.74) is 3.93. The van der Waals surface area contributed by atoms with Gasteiger partial charge in [0, 0.05) is 24.3 Å². The number of hydrogen-bond acceptors (Lipinski definition) is 4. The van der Waals surface area contributed by atoms with Crippen molar-refractivity contribution in [3.63, 3.8) is 0 Å². The summed E-state index contributed by atoms with van der Waals surface area (Å²) in [4.78, 5) is 15.6. The van der Waals surface area contributed by atoms with E-state index in [1.807, 2.05) is 25.1 Å². The van der Waals surface area contributed by atoms with E-state index >= 15 is 0 Å². The SMILES string of the molecule is CC1=CCN(C(=O)Nc2cc(-c3nnn(C)n3)ccc2C)CC1. The highest BCUT2D eigenvalue weighted by atomic mass is 16.2. The number of carbonyl (C=O) groups is 1. The molecule has 0 radical (unpaired) electrons. The van der Waals surface area contributed by atoms with Crippen LogP contribution in [0.15, 0.2) is 29.8 Å². The average molecular weight is 312 g/mol. The van der Waals surface area contributed by atoms with Crippen molar-refractivity contribution >= 4 is 11.7 Å². The van der Waals surface area contributed by atoms with Crippen LogP contribution in [0.1, 0.15) is 18.9 Å². The van der Waals surface area contributed by atoms with E-state index in [1.54, 1.807) is 11.9 Å². The molecule has 1 aliphatic rings. The second-order valence-corrected chi connectivity index (χ2v) is 5.81. The van der Waals surface area contributed by atoms with Gasteiger partial charge in [0.05, 0.1) is 7.05 Å². The summed E-state index contributed by atoms with van der Waals surface area (Å²) in [6.07, 6.45) is 3.02. The maximum atomic E-state index is 12.4. The lowest BCUT2D eigenvalue weighted by atomic mass is 10.1. The van der Waals surface area contributed by atoms with E-state index in [0.717, 1.165) is 29.8 Å². The van der Waals surface area contributed by atoms with Crippen molar-refractivity contribution in [2.45, 2.75) is 20.3 Å². The number of aryl methyl sites for hydroxylation is 2. The van der Waals surface area contributed by atoms with Gasteiger partial charge < -0.3 is 10.2 Å². The molecule has 3 rings (SSSR count). The molecule has 23 heavy (non-hydrogen) atoms. The molecular weight excluding hydrogens is 292 g/mol. The Morgan fingerprint density at radius 3 is 2.78 bits per heavy atom. The quantitative estimate of drug-likeness (QED) is 0.864. The van der Waals surface area contributed by atoms with Gasteiger partial charge in [-0.15, -0.1) is 10.2 Å². The summed E-state index contributed by atoms with van der Waals surface area (Å²) in [6, 6.07) is 5.67. The van der Waals surface area contributed by atoms with E-state index in [0.29, 0.717) is 12.4 Å². The van der Waals surface area contributed by atoms with Gasteiger partial charge in [0.15, 0.2) is 0 Å². The summed E-state index contributed by atoms with van der Waals surface area (Å²) >= 11 is 0. The molecular formula is C16H20N6O. The van der Waals surface area contributed by atoms with Crippen LogP contribution in [0.2, 0.25) is 0 Å². The van der Waals surface area contributed by atoms with E-state index in [1.165, 1.54) is 10.4 Å². The minimum absolute atomic E-state index is 0.0823. The molecule has 1 aromatic carbocycles. The van der Waals surface area contributed by atoms with Crippen molar-refractivity contribution in [1.29, 1.82) is 0 Å². The Kier molecular flexibility index (Phi) is 4.10. The number of anilines is 1. The zero-order chi connectivity index (χ0) is 16.4. The zero-order valence-electron chi connectivity index (χ0n) is 13.6. The molecule has 1 N–H and O–H groups in total. The molecule has 0 aliphatic carbocycles. The molecule has 2 aromatic rings. The molecule has 0 saturated heterocycles. The molecule has 0 bridgehead atoms. The topological polar surface area (TPSA) is 75.9 Å². The number of urea groups is 1. The summed E-state index contributed by atoms with van der Waals surface area (Å²) in [5.74, 6) is 0.541. The summed E-state index contributed by atoms with van der Waals surface area (Å²) in [6.45, 7) is 5.46. The third-order valence-electron chi connectivity index (χ3n) is 3.97. The molecule has 0 saturated carbocycles. The molecule has 7 nitrogen and oxygen atoms in total. The van der Waals surface area contributed by atoms with Gasteiger partial charge in [-0.25, -0.2) is 4.79 Å². The van der Waals surface area contributed by atoms with Crippen molar-refractivity contribution in [2.24, 2.45) is 7.05 Å². The Morgan fingerprint density at radius 2 is 2.13 bits per heavy atom. The van der Waals surface area contributed by atoms with E-state index in [4.69, 9.17) is 0 Å². The van der Waals surface area contributed by atoms with Crippen molar-refractivity contribution < 1.29 is 4.79 Å². The van der Waals surface area contributed by atoms with Crippen LogP contribution in [0.3, 0.4) is 0 Å². The predicted octanol–water partition coefficient (Wildman–Crippen LogP) is 2.37. The van der Waals surface area contributed by atoms with E-state index in [-0.39, 0.29) is 6.03 Å². The predicted molar refractivity (Wildman–Crippen MR) is 87.9 cm³/mol. The first-order valence-corrected chi connectivity index (χ1v) is 7.59. The first-order valence-electron chi connectivity index (χ1n) is 7.59. The fraction of sp³-hybridized carbons (Fsp3) is 0.375. The van der Waals surface area contributed by atoms with Crippen molar-refractivity contribution in [2.75, 3.05) is 18.4 Å². The molecule has 2 amide bonds. The smallest absolute Gasteiger partial charge is 0.320 e. The summed E-state index contributed by atoms with van der Waals surface area (Å²) in [5, 5.41) is 15.0. The van der Waals surface area contributed by atoms with Crippen LogP contribution in [0, 0.1) is 6.92 Å². The number of hydrogen-bond donors (Lipinski definition) is 1. The lowest BCUT2D eigenvalue weighted by molar-refractivity contribution is 0.215. The van der Waals surface area contributed by atoms with Crippen LogP contribution in [0.5, 0.6) is 0 Å². The third-order valence-corrected chi connectivity index (χ3v) is 3.97. The molecule has 0 fully saturated rings. The van der Waals surface area contributed by atoms with Crippen LogP contribution < -0.4 is 5.32 Å². The first kappa shape index (κ1) is 15.2. The Balaban J connectivity index is 1.78. The molecule has 2 heterocycles. The second kappa shape index (κ2) is 6.20. The van der Waals surface area contributed by atoms with Gasteiger partial charge in [-0.1, -0.05) is 23.8 Å². The minimum atomic E-state index is -0.0823. The Morgan fingerprint density at radius 1 is 1.30 bits per heavy atom. The van der Waals surface area contributed by atoms with Crippen molar-refractivity contribution in [3.05, 3.63) is 35.4 Å². The fourth-order valence-corrected chi connectivity index (χ4v) is 2.44. The lowest BCUT2D eigenvalue weighted by Gasteiger charge is -2.26. The van der Waals surface area contributed by atoms with Crippen LogP contribution in [0.25, 0.3) is 11.4 Å². The van der Waals surface area contributed by atoms with E-state index in [2.05, 4.69) is 33.7 Å². The molecule has 0 spiro atoms. The van der Waals surface area contributed by atoms with Gasteiger partial charge in [-0.2, -0.15) is 4.80 Å². The number of aromatic nitrogens is 4. The number of rotatable bonds is 2. The van der Waals surface area contributed by atoms with Crippen molar-refractivity contribution in [1.82, 2.24) is 25.1 Å². The Hall–Kier alpha value is -2.70. The number of nitrogens with one attached hydrogen (secondary N) is 1. The largest absolute Gasteiger partial charge is 0.322 e. The molecule has 0 unspecified atom stereocenters. The first-order chi connectivity index (χ1) is 11.0. The summed E-state index contributed by atoms with van der Waals surface area (Å²) < 4.78 is 0. The van der Waals surface area contributed by atoms with Gasteiger partial charge in [0.2, 0.25) is 5.82 Å². The maximum Gasteiger partial charge on any atom is 0.322 e. The fourth-order valence-electron chi connectivity index (χ4n) is 2.44. The Labute approximate surface area is 135 Å². The van der Waals surface area contributed by atoms with Gasteiger partial charge in [0.1, 0.15) is 0 Å². The standard InChI is InChI=1S/C16H20N6O/c1-11-6-8-22(9-7-11)16(23)17-14-10-13(5-4-12(14)2)15-18-20-21(3)19-15/h4-6,10H,7-9H2,1-3H3,(H,17,23). The zero-order valence-corrected chi connectivity index (χ0v) is 13.6. The van der Waals surface area contributed by atoms with E-state index < -0.39 is 0 Å². The lowest BCUT2D eigenvalue weighted by Crippen LogP contribution is -2.38. The second-order valence-electron chi connectivity index (χ2n) is 5.81. The number of carbonyl (C=O) groups excluding carboxylic acids is 1. The van der Waals surface area contributed by atoms with Crippen LogP contribution in [-0.4, -0.2) is 44.2 Å². The normalized spacial score (nSPS) is 14.6. The number of nitrogens with zero attached hydrogens (tertiary/aromatic N) is 5. The molecule has 1 aliphatic heterocycles. The minimum Gasteiger partial charge on any atom is -0.320 e. The van der Waals surface area contributed by atoms with Gasteiger partial charge >= 0.3 is 6.03 Å². The van der Waals surface area contributed by atoms with E-state index in [9.17, 15) is 4.79 Å². The van der Waals surface area contributed by atoms with Crippen LogP contribution in [-0.2, 0) is 7.05 Å². The molecule has 1 aromatic heterocycles. The van der Waals surface area contributed by atoms with Gasteiger partial charge in [-0.3, -0.25) is 0 Å². The maximum absolute atomic E-state index is 12.4. The van der Waals surface area contributed by atoms with Crippen LogP contribution >= 0.6 is 0 Å². The highest BCUT2D eigenvalue weighted by Gasteiger charge is 2.17. The highest BCUT2D eigenvalue weighted by Crippen LogP contribution is 2.23. The third kappa shape index (κ3) is 3.39. The monoisotopic (exact) mass is 312 g/mol. The summed E-state index contributed by atoms with van der Waals surface area (Å²) in [7, 11) is 1.72. The van der Waals surface area contributed by atoms with Gasteiger partial charge in [0.25, 0.3) is 0 Å².